The molecule has 0 amide bonds. The molecule has 4 heteroatoms. The Morgan fingerprint density at radius 1 is 1.31 bits per heavy atom. The summed E-state index contributed by atoms with van der Waals surface area (Å²) < 4.78 is 7.25. The van der Waals surface area contributed by atoms with Gasteiger partial charge in [-0.05, 0) is 21.6 Å². The second kappa shape index (κ2) is 8.46. The van der Waals surface area contributed by atoms with E-state index in [9.17, 15) is 4.79 Å². The molecule has 3 nitrogen and oxygen atoms in total. The van der Waals surface area contributed by atoms with Gasteiger partial charge in [-0.25, -0.2) is 0 Å². The van der Waals surface area contributed by atoms with Crippen LogP contribution in [-0.2, 0) is 9.53 Å². The summed E-state index contributed by atoms with van der Waals surface area (Å²) in [5.41, 5.74) is 0. The Bertz CT molecular complexity index is 136. The van der Waals surface area contributed by atoms with E-state index in [-0.39, 0.29) is 5.97 Å². The Morgan fingerprint density at radius 3 is 2.23 bits per heavy atom. The Morgan fingerprint density at radius 2 is 1.85 bits per heavy atom. The SMILES string of the molecule is CCCN(CCC)PCOC(C)=O. The van der Waals surface area contributed by atoms with Gasteiger partial charge in [0.05, 0.1) is 0 Å². The second-order valence-corrected chi connectivity index (χ2v) is 4.16. The van der Waals surface area contributed by atoms with Gasteiger partial charge in [-0.15, -0.1) is 0 Å². The highest BCUT2D eigenvalue weighted by atomic mass is 31.1. The maximum Gasteiger partial charge on any atom is 0.303 e. The van der Waals surface area contributed by atoms with Gasteiger partial charge in [-0.1, -0.05) is 13.8 Å². The van der Waals surface area contributed by atoms with E-state index in [1.54, 1.807) is 0 Å². The highest BCUT2D eigenvalue weighted by molar-refractivity contribution is 7.34. The molecule has 0 rings (SSSR count). The number of rotatable bonds is 7. The lowest BCUT2D eigenvalue weighted by Crippen LogP contribution is -2.17. The van der Waals surface area contributed by atoms with Crippen LogP contribution in [0.25, 0.3) is 0 Å². The van der Waals surface area contributed by atoms with E-state index < -0.39 is 0 Å². The zero-order valence-corrected chi connectivity index (χ0v) is 9.80. The molecule has 0 heterocycles. The number of esters is 1. The number of hydrogen-bond donors (Lipinski definition) is 0. The Hall–Kier alpha value is -0.140. The van der Waals surface area contributed by atoms with Gasteiger partial charge in [0.1, 0.15) is 6.35 Å². The van der Waals surface area contributed by atoms with Gasteiger partial charge in [0.15, 0.2) is 0 Å². The smallest absolute Gasteiger partial charge is 0.303 e. The summed E-state index contributed by atoms with van der Waals surface area (Å²) in [7, 11) is 0.620. The molecule has 78 valence electrons. The van der Waals surface area contributed by atoms with Crippen molar-refractivity contribution in [1.29, 1.82) is 0 Å². The van der Waals surface area contributed by atoms with Crippen LogP contribution in [-0.4, -0.2) is 30.1 Å². The number of carbonyl (C=O) groups is 1. The van der Waals surface area contributed by atoms with Crippen LogP contribution in [0.3, 0.4) is 0 Å². The van der Waals surface area contributed by atoms with Crippen molar-refractivity contribution in [3.8, 4) is 0 Å². The number of carbonyl (C=O) groups excluding carboxylic acids is 1. The zero-order chi connectivity index (χ0) is 10.1. The highest BCUT2D eigenvalue weighted by Crippen LogP contribution is 2.18. The Kier molecular flexibility index (Phi) is 8.37. The largest absolute Gasteiger partial charge is 0.460 e. The summed E-state index contributed by atoms with van der Waals surface area (Å²) in [6.07, 6.45) is 2.87. The fraction of sp³-hybridized carbons (Fsp3) is 0.889. The van der Waals surface area contributed by atoms with Crippen LogP contribution in [0, 0.1) is 0 Å². The van der Waals surface area contributed by atoms with Crippen LogP contribution in [0.1, 0.15) is 33.6 Å². The standard InChI is InChI=1S/C9H20NO2P/c1-4-6-10(7-5-2)13-8-12-9(3)11/h13H,4-8H2,1-3H3. The molecule has 0 aliphatic heterocycles. The maximum atomic E-state index is 10.5. The predicted octanol–water partition coefficient (Wildman–Crippen LogP) is 2.22. The van der Waals surface area contributed by atoms with Gasteiger partial charge in [-0.3, -0.25) is 9.46 Å². The normalized spacial score (nSPS) is 11.4. The zero-order valence-electron chi connectivity index (χ0n) is 8.80. The topological polar surface area (TPSA) is 29.5 Å². The van der Waals surface area contributed by atoms with Crippen LogP contribution >= 0.6 is 8.73 Å². The number of nitrogens with zero attached hydrogens (tertiary/aromatic N) is 1. The molecule has 0 saturated heterocycles. The monoisotopic (exact) mass is 205 g/mol. The molecule has 0 aromatic rings. The Labute approximate surface area is 82.7 Å². The molecule has 0 aliphatic carbocycles. The predicted molar refractivity (Wildman–Crippen MR) is 57.1 cm³/mol. The third kappa shape index (κ3) is 8.20. The third-order valence-corrected chi connectivity index (χ3v) is 2.72. The second-order valence-electron chi connectivity index (χ2n) is 2.93. The van der Waals surface area contributed by atoms with Crippen molar-refractivity contribution in [2.75, 3.05) is 19.4 Å². The molecule has 0 bridgehead atoms. The summed E-state index contributed by atoms with van der Waals surface area (Å²) in [4.78, 5) is 10.5. The molecule has 0 aromatic heterocycles. The van der Waals surface area contributed by atoms with E-state index in [4.69, 9.17) is 4.74 Å². The molecule has 0 radical (unpaired) electrons. The molecular weight excluding hydrogens is 185 g/mol. The van der Waals surface area contributed by atoms with E-state index in [0.717, 1.165) is 25.9 Å². The van der Waals surface area contributed by atoms with Gasteiger partial charge in [0.25, 0.3) is 0 Å². The first-order valence-electron chi connectivity index (χ1n) is 4.82. The summed E-state index contributed by atoms with van der Waals surface area (Å²) in [5.74, 6) is -0.180. The van der Waals surface area contributed by atoms with Crippen molar-refractivity contribution >= 4 is 14.7 Å². The van der Waals surface area contributed by atoms with Crippen molar-refractivity contribution in [3.05, 3.63) is 0 Å². The van der Waals surface area contributed by atoms with Crippen LogP contribution in [0.5, 0.6) is 0 Å². The quantitative estimate of drug-likeness (QED) is 0.471. The van der Waals surface area contributed by atoms with Gasteiger partial charge in [0, 0.05) is 20.0 Å². The molecule has 0 fully saturated rings. The van der Waals surface area contributed by atoms with Crippen molar-refractivity contribution in [1.82, 2.24) is 4.67 Å². The van der Waals surface area contributed by atoms with Crippen molar-refractivity contribution in [2.24, 2.45) is 0 Å². The lowest BCUT2D eigenvalue weighted by atomic mass is 10.4. The third-order valence-electron chi connectivity index (χ3n) is 1.55. The fourth-order valence-corrected chi connectivity index (χ4v) is 2.25. The molecule has 1 atom stereocenters. The van der Waals surface area contributed by atoms with E-state index in [0.29, 0.717) is 15.1 Å². The van der Waals surface area contributed by atoms with Gasteiger partial charge < -0.3 is 4.74 Å². The molecule has 0 spiro atoms. The fourth-order valence-electron chi connectivity index (χ4n) is 1.03. The first-order valence-corrected chi connectivity index (χ1v) is 5.98. The minimum absolute atomic E-state index is 0.180. The average molecular weight is 205 g/mol. The minimum Gasteiger partial charge on any atom is -0.460 e. The molecule has 0 saturated carbocycles. The molecule has 1 unspecified atom stereocenters. The summed E-state index contributed by atoms with van der Waals surface area (Å²) >= 11 is 0. The van der Waals surface area contributed by atoms with E-state index in [1.165, 1.54) is 6.92 Å². The van der Waals surface area contributed by atoms with Gasteiger partial charge >= 0.3 is 5.97 Å². The van der Waals surface area contributed by atoms with Crippen molar-refractivity contribution in [2.45, 2.75) is 33.6 Å². The lowest BCUT2D eigenvalue weighted by Gasteiger charge is -2.19. The highest BCUT2D eigenvalue weighted by Gasteiger charge is 2.02. The molecular formula is C9H20NO2P. The number of ether oxygens (including phenoxy) is 1. The molecule has 0 N–H and O–H groups in total. The van der Waals surface area contributed by atoms with E-state index in [2.05, 4.69) is 18.5 Å². The Balaban J connectivity index is 3.49. The lowest BCUT2D eigenvalue weighted by molar-refractivity contribution is -0.138. The minimum atomic E-state index is -0.180. The molecule has 13 heavy (non-hydrogen) atoms. The van der Waals surface area contributed by atoms with Crippen LogP contribution in [0.2, 0.25) is 0 Å². The summed E-state index contributed by atoms with van der Waals surface area (Å²) in [6, 6.07) is 0. The number of hydrogen-bond acceptors (Lipinski definition) is 3. The first kappa shape index (κ1) is 12.9. The maximum absolute atomic E-state index is 10.5. The van der Waals surface area contributed by atoms with Gasteiger partial charge in [0.2, 0.25) is 0 Å². The van der Waals surface area contributed by atoms with E-state index >= 15 is 0 Å². The van der Waals surface area contributed by atoms with Crippen molar-refractivity contribution < 1.29 is 9.53 Å². The average Bonchev–Trinajstić information content (AvgIpc) is 2.04. The van der Waals surface area contributed by atoms with E-state index in [1.807, 2.05) is 0 Å². The first-order chi connectivity index (χ1) is 6.20. The summed E-state index contributed by atoms with van der Waals surface area (Å²) in [5, 5.41) is 0. The van der Waals surface area contributed by atoms with Crippen LogP contribution < -0.4 is 0 Å². The van der Waals surface area contributed by atoms with Crippen LogP contribution in [0.15, 0.2) is 0 Å². The molecule has 0 aromatic carbocycles. The molecule has 0 aliphatic rings. The summed E-state index contributed by atoms with van der Waals surface area (Å²) in [6.45, 7) is 7.99. The van der Waals surface area contributed by atoms with Crippen LogP contribution in [0.4, 0.5) is 0 Å². The van der Waals surface area contributed by atoms with Crippen molar-refractivity contribution in [3.63, 3.8) is 0 Å². The van der Waals surface area contributed by atoms with Gasteiger partial charge in [-0.2, -0.15) is 0 Å².